The molecule has 1 aliphatic rings. The van der Waals surface area contributed by atoms with Crippen LogP contribution in [0.1, 0.15) is 26.2 Å². The van der Waals surface area contributed by atoms with Gasteiger partial charge in [-0.2, -0.15) is 0 Å². The molecule has 1 fully saturated rings. The van der Waals surface area contributed by atoms with E-state index in [0.717, 1.165) is 19.5 Å². The van der Waals surface area contributed by atoms with Gasteiger partial charge < -0.3 is 20.1 Å². The number of hydrogen-bond donors (Lipinski definition) is 1. The minimum atomic E-state index is -0.180. The summed E-state index contributed by atoms with van der Waals surface area (Å²) in [6.07, 6.45) is 3.03. The van der Waals surface area contributed by atoms with Gasteiger partial charge in [0.25, 0.3) is 0 Å². The number of rotatable bonds is 7. The molecule has 1 atom stereocenters. The first-order valence-electron chi connectivity index (χ1n) is 7.14. The normalized spacial score (nSPS) is 22.1. The van der Waals surface area contributed by atoms with Crippen LogP contribution in [0.4, 0.5) is 0 Å². The van der Waals surface area contributed by atoms with E-state index in [0.29, 0.717) is 12.6 Å². The molecule has 1 saturated heterocycles. The molecule has 1 heterocycles. The van der Waals surface area contributed by atoms with Gasteiger partial charge in [-0.25, -0.2) is 0 Å². The summed E-state index contributed by atoms with van der Waals surface area (Å²) in [6, 6.07) is 0.693. The molecule has 0 saturated carbocycles. The van der Waals surface area contributed by atoms with E-state index in [4.69, 9.17) is 15.2 Å². The van der Waals surface area contributed by atoms with E-state index in [2.05, 4.69) is 30.8 Å². The monoisotopic (exact) mass is 273 g/mol. The summed E-state index contributed by atoms with van der Waals surface area (Å²) in [7, 11) is 7.69. The molecule has 0 spiro atoms. The molecular formula is C14H31N3O2. The summed E-state index contributed by atoms with van der Waals surface area (Å²) in [6.45, 7) is 5.03. The Balaban J connectivity index is 2.60. The Bertz CT molecular complexity index is 251. The highest BCUT2D eigenvalue weighted by Crippen LogP contribution is 2.26. The average molecular weight is 273 g/mol. The van der Waals surface area contributed by atoms with Crippen molar-refractivity contribution in [1.29, 1.82) is 0 Å². The molecule has 0 aromatic heterocycles. The van der Waals surface area contributed by atoms with Crippen molar-refractivity contribution in [2.45, 2.75) is 44.1 Å². The zero-order valence-corrected chi connectivity index (χ0v) is 13.2. The molecular weight excluding hydrogens is 242 g/mol. The lowest BCUT2D eigenvalue weighted by molar-refractivity contribution is -0.130. The molecule has 2 N–H and O–H groups in total. The first-order valence-corrected chi connectivity index (χ1v) is 7.14. The Morgan fingerprint density at radius 3 is 2.16 bits per heavy atom. The van der Waals surface area contributed by atoms with Gasteiger partial charge in [-0.15, -0.1) is 0 Å². The maximum Gasteiger partial charge on any atom is 0.158 e. The van der Waals surface area contributed by atoms with Crippen LogP contribution >= 0.6 is 0 Å². The summed E-state index contributed by atoms with van der Waals surface area (Å²) in [5, 5.41) is 0. The Morgan fingerprint density at radius 2 is 1.79 bits per heavy atom. The first kappa shape index (κ1) is 16.9. The van der Waals surface area contributed by atoms with E-state index in [1.165, 1.54) is 12.8 Å². The van der Waals surface area contributed by atoms with E-state index >= 15 is 0 Å². The molecule has 0 bridgehead atoms. The van der Waals surface area contributed by atoms with Crippen LogP contribution in [0, 0.1) is 0 Å². The van der Waals surface area contributed by atoms with Gasteiger partial charge in [0.05, 0.1) is 0 Å². The van der Waals surface area contributed by atoms with Gasteiger partial charge in [0.15, 0.2) is 6.29 Å². The summed E-state index contributed by atoms with van der Waals surface area (Å²) in [5.41, 5.74) is 5.98. The van der Waals surface area contributed by atoms with Crippen LogP contribution in [-0.4, -0.2) is 75.6 Å². The number of ether oxygens (including phenoxy) is 2. The first-order chi connectivity index (χ1) is 8.96. The van der Waals surface area contributed by atoms with Crippen LogP contribution in [0.3, 0.4) is 0 Å². The standard InChI is InChI=1S/C14H31N3O2/c1-14(11-15,10-13(18-4)19-5)17-8-6-12(7-9-17)16(2)3/h12-13H,6-11,15H2,1-5H3. The van der Waals surface area contributed by atoms with Crippen LogP contribution in [-0.2, 0) is 9.47 Å². The lowest BCUT2D eigenvalue weighted by Gasteiger charge is -2.46. The van der Waals surface area contributed by atoms with Gasteiger partial charge in [-0.3, -0.25) is 4.90 Å². The fourth-order valence-electron chi connectivity index (χ4n) is 2.89. The maximum absolute atomic E-state index is 6.03. The molecule has 19 heavy (non-hydrogen) atoms. The minimum Gasteiger partial charge on any atom is -0.356 e. The van der Waals surface area contributed by atoms with E-state index in [-0.39, 0.29) is 11.8 Å². The van der Waals surface area contributed by atoms with Crippen molar-refractivity contribution in [3.05, 3.63) is 0 Å². The highest BCUT2D eigenvalue weighted by atomic mass is 16.7. The summed E-state index contributed by atoms with van der Waals surface area (Å²) in [5.74, 6) is 0. The molecule has 5 heteroatoms. The summed E-state index contributed by atoms with van der Waals surface area (Å²) >= 11 is 0. The van der Waals surface area contributed by atoms with E-state index in [1.54, 1.807) is 14.2 Å². The van der Waals surface area contributed by atoms with Crippen molar-refractivity contribution < 1.29 is 9.47 Å². The third-order valence-electron chi connectivity index (χ3n) is 4.53. The zero-order chi connectivity index (χ0) is 14.5. The fourth-order valence-corrected chi connectivity index (χ4v) is 2.89. The Hall–Kier alpha value is -0.200. The summed E-state index contributed by atoms with van der Waals surface area (Å²) < 4.78 is 10.7. The SMILES string of the molecule is COC(CC(C)(CN)N1CCC(N(C)C)CC1)OC. The minimum absolute atomic E-state index is 0.0476. The van der Waals surface area contributed by atoms with Crippen molar-refractivity contribution in [3.8, 4) is 0 Å². The lowest BCUT2D eigenvalue weighted by Crippen LogP contribution is -2.57. The van der Waals surface area contributed by atoms with Gasteiger partial charge in [0.2, 0.25) is 0 Å². The Labute approximate surface area is 118 Å². The summed E-state index contributed by atoms with van der Waals surface area (Å²) in [4.78, 5) is 4.82. The second-order valence-corrected chi connectivity index (χ2v) is 5.99. The number of piperidine rings is 1. The topological polar surface area (TPSA) is 51.0 Å². The number of nitrogens with zero attached hydrogens (tertiary/aromatic N) is 2. The van der Waals surface area contributed by atoms with Crippen molar-refractivity contribution in [2.75, 3.05) is 47.9 Å². The maximum atomic E-state index is 6.03. The van der Waals surface area contributed by atoms with Crippen LogP contribution < -0.4 is 5.73 Å². The number of likely N-dealkylation sites (tertiary alicyclic amines) is 1. The van der Waals surface area contributed by atoms with E-state index < -0.39 is 0 Å². The fraction of sp³-hybridized carbons (Fsp3) is 1.00. The average Bonchev–Trinajstić information content (AvgIpc) is 2.44. The van der Waals surface area contributed by atoms with Crippen molar-refractivity contribution in [2.24, 2.45) is 5.73 Å². The highest BCUT2D eigenvalue weighted by Gasteiger charge is 2.36. The van der Waals surface area contributed by atoms with Crippen LogP contribution in [0.2, 0.25) is 0 Å². The van der Waals surface area contributed by atoms with Crippen LogP contribution in [0.15, 0.2) is 0 Å². The number of methoxy groups -OCH3 is 2. The largest absolute Gasteiger partial charge is 0.356 e. The number of hydrogen-bond acceptors (Lipinski definition) is 5. The molecule has 1 unspecified atom stereocenters. The van der Waals surface area contributed by atoms with Gasteiger partial charge in [-0.1, -0.05) is 0 Å². The van der Waals surface area contributed by atoms with Gasteiger partial charge >= 0.3 is 0 Å². The molecule has 1 rings (SSSR count). The molecule has 0 amide bonds. The third-order valence-corrected chi connectivity index (χ3v) is 4.53. The quantitative estimate of drug-likeness (QED) is 0.693. The van der Waals surface area contributed by atoms with Crippen molar-refractivity contribution in [3.63, 3.8) is 0 Å². The second kappa shape index (κ2) is 7.55. The Kier molecular flexibility index (Phi) is 6.69. The molecule has 0 aromatic rings. The second-order valence-electron chi connectivity index (χ2n) is 5.99. The van der Waals surface area contributed by atoms with Gasteiger partial charge in [-0.05, 0) is 33.9 Å². The van der Waals surface area contributed by atoms with Crippen molar-refractivity contribution >= 4 is 0 Å². The van der Waals surface area contributed by atoms with E-state index in [9.17, 15) is 0 Å². The molecule has 0 aliphatic carbocycles. The highest BCUT2D eigenvalue weighted by molar-refractivity contribution is 4.92. The zero-order valence-electron chi connectivity index (χ0n) is 13.2. The number of nitrogens with two attached hydrogens (primary N) is 1. The third kappa shape index (κ3) is 4.39. The molecule has 1 aliphatic heterocycles. The Morgan fingerprint density at radius 1 is 1.26 bits per heavy atom. The lowest BCUT2D eigenvalue weighted by atomic mass is 9.91. The van der Waals surface area contributed by atoms with E-state index in [1.807, 2.05) is 0 Å². The molecule has 114 valence electrons. The van der Waals surface area contributed by atoms with Crippen molar-refractivity contribution in [1.82, 2.24) is 9.80 Å². The van der Waals surface area contributed by atoms with Gasteiger partial charge in [0, 0.05) is 51.9 Å². The predicted octanol–water partition coefficient (Wildman–Crippen LogP) is 0.739. The molecule has 0 radical (unpaired) electrons. The van der Waals surface area contributed by atoms with Crippen LogP contribution in [0.25, 0.3) is 0 Å². The smallest absolute Gasteiger partial charge is 0.158 e. The molecule has 0 aromatic carbocycles. The predicted molar refractivity (Wildman–Crippen MR) is 78.2 cm³/mol. The van der Waals surface area contributed by atoms with Gasteiger partial charge in [0.1, 0.15) is 0 Å². The van der Waals surface area contributed by atoms with Crippen LogP contribution in [0.5, 0.6) is 0 Å². The molecule has 5 nitrogen and oxygen atoms in total.